The van der Waals surface area contributed by atoms with E-state index in [1.807, 2.05) is 0 Å². The summed E-state index contributed by atoms with van der Waals surface area (Å²) in [5.74, 6) is 0. The molecule has 1 unspecified atom stereocenters. The molecule has 0 radical (unpaired) electrons. The van der Waals surface area contributed by atoms with Crippen LogP contribution in [0.5, 0.6) is 0 Å². The minimum atomic E-state index is -0.114. The van der Waals surface area contributed by atoms with Gasteiger partial charge in [0.2, 0.25) is 0 Å². The van der Waals surface area contributed by atoms with E-state index in [2.05, 4.69) is 44.8 Å². The van der Waals surface area contributed by atoms with Gasteiger partial charge in [0.05, 0.1) is 6.61 Å². The van der Waals surface area contributed by atoms with E-state index in [0.29, 0.717) is 11.5 Å². The van der Waals surface area contributed by atoms with E-state index in [9.17, 15) is 5.11 Å². The van der Waals surface area contributed by atoms with Crippen molar-refractivity contribution in [1.29, 1.82) is 0 Å². The van der Waals surface area contributed by atoms with Crippen LogP contribution in [0.4, 0.5) is 0 Å². The fourth-order valence-electron chi connectivity index (χ4n) is 3.41. The molecule has 1 heterocycles. The molecule has 1 fully saturated rings. The molecule has 0 amide bonds. The van der Waals surface area contributed by atoms with Crippen molar-refractivity contribution >= 4 is 0 Å². The number of hydrogen-bond donors (Lipinski definition) is 2. The summed E-state index contributed by atoms with van der Waals surface area (Å²) in [7, 11) is 0. The molecule has 1 rings (SSSR count). The van der Waals surface area contributed by atoms with Crippen molar-refractivity contribution in [1.82, 2.24) is 10.2 Å². The number of aliphatic hydroxyl groups is 1. The van der Waals surface area contributed by atoms with Crippen LogP contribution >= 0.6 is 0 Å². The summed E-state index contributed by atoms with van der Waals surface area (Å²) >= 11 is 0. The molecule has 0 aromatic heterocycles. The van der Waals surface area contributed by atoms with E-state index in [1.54, 1.807) is 0 Å². The third-order valence-electron chi connectivity index (χ3n) is 5.36. The molecule has 0 spiro atoms. The number of hydrogen-bond acceptors (Lipinski definition) is 3. The van der Waals surface area contributed by atoms with Crippen molar-refractivity contribution in [2.75, 3.05) is 26.2 Å². The SMILES string of the molecule is CCC1(C)CCN(CCCCC(C)(CO)NC(C)C)CC1. The molecule has 21 heavy (non-hydrogen) atoms. The molecule has 3 heteroatoms. The number of unbranched alkanes of at least 4 members (excludes halogenated alkanes) is 1. The maximum Gasteiger partial charge on any atom is 0.0610 e. The van der Waals surface area contributed by atoms with E-state index >= 15 is 0 Å². The van der Waals surface area contributed by atoms with Crippen LogP contribution in [0.25, 0.3) is 0 Å². The van der Waals surface area contributed by atoms with Gasteiger partial charge in [0.25, 0.3) is 0 Å². The second-order valence-corrected chi connectivity index (χ2v) is 7.98. The predicted octanol–water partition coefficient (Wildman–Crippen LogP) is 3.42. The van der Waals surface area contributed by atoms with Gasteiger partial charge in [0.1, 0.15) is 0 Å². The van der Waals surface area contributed by atoms with E-state index in [0.717, 1.165) is 6.42 Å². The van der Waals surface area contributed by atoms with Crippen molar-refractivity contribution < 1.29 is 5.11 Å². The van der Waals surface area contributed by atoms with E-state index in [4.69, 9.17) is 0 Å². The Labute approximate surface area is 132 Å². The van der Waals surface area contributed by atoms with Gasteiger partial charge in [0.15, 0.2) is 0 Å². The number of aliphatic hydroxyl groups excluding tert-OH is 1. The standard InChI is InChI=1S/C18H38N2O/c1-6-17(4)10-13-20(14-11-17)12-8-7-9-18(5,15-21)19-16(2)3/h16,19,21H,6-15H2,1-5H3. The lowest BCUT2D eigenvalue weighted by molar-refractivity contribution is 0.110. The lowest BCUT2D eigenvalue weighted by Crippen LogP contribution is -2.49. The summed E-state index contributed by atoms with van der Waals surface area (Å²) in [5.41, 5.74) is 0.476. The largest absolute Gasteiger partial charge is 0.394 e. The summed E-state index contributed by atoms with van der Waals surface area (Å²) in [6.07, 6.45) is 7.52. The van der Waals surface area contributed by atoms with Crippen molar-refractivity contribution in [3.05, 3.63) is 0 Å². The highest BCUT2D eigenvalue weighted by Gasteiger charge is 2.28. The molecule has 0 bridgehead atoms. The van der Waals surface area contributed by atoms with Crippen molar-refractivity contribution in [3.8, 4) is 0 Å². The fraction of sp³-hybridized carbons (Fsp3) is 1.00. The summed E-state index contributed by atoms with van der Waals surface area (Å²) in [6, 6.07) is 0.427. The van der Waals surface area contributed by atoms with Gasteiger partial charge in [-0.3, -0.25) is 0 Å². The molecule has 0 aliphatic carbocycles. The normalized spacial score (nSPS) is 22.4. The van der Waals surface area contributed by atoms with Gasteiger partial charge in [0, 0.05) is 11.6 Å². The number of nitrogens with one attached hydrogen (secondary N) is 1. The van der Waals surface area contributed by atoms with Gasteiger partial charge in [-0.05, 0) is 57.7 Å². The summed E-state index contributed by atoms with van der Waals surface area (Å²) in [5, 5.41) is 13.1. The quantitative estimate of drug-likeness (QED) is 0.640. The first-order valence-electron chi connectivity index (χ1n) is 8.93. The molecule has 0 aromatic rings. The Balaban J connectivity index is 2.20. The Hall–Kier alpha value is -0.120. The van der Waals surface area contributed by atoms with Crippen LogP contribution in [-0.2, 0) is 0 Å². The van der Waals surface area contributed by atoms with E-state index in [-0.39, 0.29) is 12.1 Å². The zero-order valence-electron chi connectivity index (χ0n) is 15.0. The van der Waals surface area contributed by atoms with Gasteiger partial charge >= 0.3 is 0 Å². The Morgan fingerprint density at radius 1 is 1.24 bits per heavy atom. The molecule has 1 aliphatic rings. The van der Waals surface area contributed by atoms with Crippen LogP contribution in [0.15, 0.2) is 0 Å². The van der Waals surface area contributed by atoms with Gasteiger partial charge in [-0.15, -0.1) is 0 Å². The van der Waals surface area contributed by atoms with Gasteiger partial charge in [-0.1, -0.05) is 40.5 Å². The first-order chi connectivity index (χ1) is 9.82. The Kier molecular flexibility index (Phi) is 7.66. The first-order valence-corrected chi connectivity index (χ1v) is 8.93. The third-order valence-corrected chi connectivity index (χ3v) is 5.36. The van der Waals surface area contributed by atoms with Crippen LogP contribution in [-0.4, -0.2) is 47.8 Å². The molecular formula is C18H38N2O. The molecule has 1 atom stereocenters. The van der Waals surface area contributed by atoms with Crippen LogP contribution in [0.1, 0.15) is 73.1 Å². The fourth-order valence-corrected chi connectivity index (χ4v) is 3.41. The number of piperidine rings is 1. The molecular weight excluding hydrogens is 260 g/mol. The Morgan fingerprint density at radius 3 is 2.33 bits per heavy atom. The smallest absolute Gasteiger partial charge is 0.0610 e. The third kappa shape index (κ3) is 6.66. The minimum absolute atomic E-state index is 0.114. The van der Waals surface area contributed by atoms with Crippen LogP contribution < -0.4 is 5.32 Å². The maximum absolute atomic E-state index is 9.59. The van der Waals surface area contributed by atoms with E-state index < -0.39 is 0 Å². The number of nitrogens with zero attached hydrogens (tertiary/aromatic N) is 1. The van der Waals surface area contributed by atoms with Gasteiger partial charge < -0.3 is 15.3 Å². The Bertz CT molecular complexity index is 285. The summed E-state index contributed by atoms with van der Waals surface area (Å²) in [6.45, 7) is 15.2. The molecule has 1 saturated heterocycles. The summed E-state index contributed by atoms with van der Waals surface area (Å²) < 4.78 is 0. The lowest BCUT2D eigenvalue weighted by atomic mass is 9.78. The van der Waals surface area contributed by atoms with Crippen molar-refractivity contribution in [2.45, 2.75) is 84.7 Å². The van der Waals surface area contributed by atoms with E-state index in [1.165, 1.54) is 51.7 Å². The topological polar surface area (TPSA) is 35.5 Å². The van der Waals surface area contributed by atoms with Crippen LogP contribution in [0.3, 0.4) is 0 Å². The molecule has 126 valence electrons. The van der Waals surface area contributed by atoms with Crippen molar-refractivity contribution in [3.63, 3.8) is 0 Å². The minimum Gasteiger partial charge on any atom is -0.394 e. The molecule has 2 N–H and O–H groups in total. The second-order valence-electron chi connectivity index (χ2n) is 7.98. The molecule has 0 saturated carbocycles. The average molecular weight is 299 g/mol. The maximum atomic E-state index is 9.59. The zero-order chi connectivity index (χ0) is 15.9. The molecule has 3 nitrogen and oxygen atoms in total. The lowest BCUT2D eigenvalue weighted by Gasteiger charge is -2.39. The highest BCUT2D eigenvalue weighted by molar-refractivity contribution is 4.84. The monoisotopic (exact) mass is 298 g/mol. The second kappa shape index (κ2) is 8.50. The zero-order valence-corrected chi connectivity index (χ0v) is 15.0. The molecule has 0 aromatic carbocycles. The highest BCUT2D eigenvalue weighted by atomic mass is 16.3. The predicted molar refractivity (Wildman–Crippen MR) is 91.7 cm³/mol. The number of rotatable bonds is 9. The first kappa shape index (κ1) is 18.9. The van der Waals surface area contributed by atoms with Crippen molar-refractivity contribution in [2.24, 2.45) is 5.41 Å². The summed E-state index contributed by atoms with van der Waals surface area (Å²) in [4.78, 5) is 2.63. The van der Waals surface area contributed by atoms with Crippen LogP contribution in [0.2, 0.25) is 0 Å². The van der Waals surface area contributed by atoms with Gasteiger partial charge in [-0.2, -0.15) is 0 Å². The highest BCUT2D eigenvalue weighted by Crippen LogP contribution is 2.33. The average Bonchev–Trinajstić information content (AvgIpc) is 2.45. The molecule has 1 aliphatic heterocycles. The number of likely N-dealkylation sites (tertiary alicyclic amines) is 1. The van der Waals surface area contributed by atoms with Crippen LogP contribution in [0, 0.1) is 5.41 Å². The Morgan fingerprint density at radius 2 is 1.86 bits per heavy atom. The van der Waals surface area contributed by atoms with Gasteiger partial charge in [-0.25, -0.2) is 0 Å².